The molecule has 0 heterocycles. The lowest BCUT2D eigenvalue weighted by atomic mass is 10.2. The van der Waals surface area contributed by atoms with Crippen molar-refractivity contribution in [1.82, 2.24) is 0 Å². The quantitative estimate of drug-likeness (QED) is 0.438. The predicted octanol–water partition coefficient (Wildman–Crippen LogP) is 3.39. The molecule has 1 aromatic carbocycles. The van der Waals surface area contributed by atoms with E-state index in [0.29, 0.717) is 6.61 Å². The van der Waals surface area contributed by atoms with Crippen LogP contribution in [0.4, 0.5) is 0 Å². The normalized spacial score (nSPS) is 11.4. The molecule has 112 valence electrons. The Morgan fingerprint density at radius 1 is 1.00 bits per heavy atom. The van der Waals surface area contributed by atoms with E-state index < -0.39 is 0 Å². The second-order valence-electron chi connectivity index (χ2n) is 4.00. The summed E-state index contributed by atoms with van der Waals surface area (Å²) in [4.78, 5) is 11.0. The maximum Gasteiger partial charge on any atom is 0.330 e. The zero-order valence-corrected chi connectivity index (χ0v) is 12.5. The SMILES string of the molecule is CCOC(=O)C=CC=CC=Cc1cc(OC)cc(OC)c1. The van der Waals surface area contributed by atoms with Crippen LogP contribution in [-0.4, -0.2) is 26.8 Å². The Morgan fingerprint density at radius 3 is 2.19 bits per heavy atom. The molecule has 0 radical (unpaired) electrons. The molecule has 4 heteroatoms. The lowest BCUT2D eigenvalue weighted by Crippen LogP contribution is -1.98. The van der Waals surface area contributed by atoms with Crippen LogP contribution in [0.3, 0.4) is 0 Å². The van der Waals surface area contributed by atoms with Gasteiger partial charge in [-0.15, -0.1) is 0 Å². The number of hydrogen-bond acceptors (Lipinski definition) is 4. The molecule has 0 bridgehead atoms. The molecule has 0 aliphatic rings. The Kier molecular flexibility index (Phi) is 7.43. The van der Waals surface area contributed by atoms with Crippen LogP contribution in [0.5, 0.6) is 11.5 Å². The molecule has 0 unspecified atom stereocenters. The Labute approximate surface area is 125 Å². The summed E-state index contributed by atoms with van der Waals surface area (Å²) in [5.41, 5.74) is 0.963. The van der Waals surface area contributed by atoms with Gasteiger partial charge in [-0.3, -0.25) is 0 Å². The molecule has 1 rings (SSSR count). The summed E-state index contributed by atoms with van der Waals surface area (Å²) in [6, 6.07) is 5.62. The molecule has 0 saturated carbocycles. The third-order valence-electron chi connectivity index (χ3n) is 2.51. The monoisotopic (exact) mass is 288 g/mol. The number of methoxy groups -OCH3 is 2. The molecule has 4 nitrogen and oxygen atoms in total. The van der Waals surface area contributed by atoms with Crippen molar-refractivity contribution < 1.29 is 19.0 Å². The number of carbonyl (C=O) groups excluding carboxylic acids is 1. The van der Waals surface area contributed by atoms with Crippen molar-refractivity contribution in [1.29, 1.82) is 0 Å². The fraction of sp³-hybridized carbons (Fsp3) is 0.235. The second-order valence-corrected chi connectivity index (χ2v) is 4.00. The lowest BCUT2D eigenvalue weighted by molar-refractivity contribution is -0.137. The van der Waals surface area contributed by atoms with E-state index in [2.05, 4.69) is 0 Å². The summed E-state index contributed by atoms with van der Waals surface area (Å²) in [5.74, 6) is 1.13. The van der Waals surface area contributed by atoms with Gasteiger partial charge < -0.3 is 14.2 Å². The van der Waals surface area contributed by atoms with Gasteiger partial charge in [-0.25, -0.2) is 4.79 Å². The highest BCUT2D eigenvalue weighted by atomic mass is 16.5. The maximum absolute atomic E-state index is 11.0. The zero-order valence-electron chi connectivity index (χ0n) is 12.5. The Bertz CT molecular complexity index is 519. The van der Waals surface area contributed by atoms with Gasteiger partial charge in [0, 0.05) is 12.1 Å². The van der Waals surface area contributed by atoms with Crippen molar-refractivity contribution >= 4 is 12.0 Å². The van der Waals surface area contributed by atoms with E-state index in [1.807, 2.05) is 36.4 Å². The van der Waals surface area contributed by atoms with Crippen LogP contribution in [0.2, 0.25) is 0 Å². The fourth-order valence-electron chi connectivity index (χ4n) is 1.55. The van der Waals surface area contributed by atoms with Gasteiger partial charge in [-0.05, 0) is 24.6 Å². The van der Waals surface area contributed by atoms with Crippen molar-refractivity contribution in [3.05, 3.63) is 54.1 Å². The minimum Gasteiger partial charge on any atom is -0.497 e. The van der Waals surface area contributed by atoms with Crippen LogP contribution in [-0.2, 0) is 9.53 Å². The molecule has 0 fully saturated rings. The summed E-state index contributed by atoms with van der Waals surface area (Å²) in [7, 11) is 3.23. The first kappa shape index (κ1) is 16.6. The number of allylic oxidation sites excluding steroid dienone is 4. The van der Waals surface area contributed by atoms with Crippen molar-refractivity contribution in [2.45, 2.75) is 6.92 Å². The first-order valence-corrected chi connectivity index (χ1v) is 6.60. The van der Waals surface area contributed by atoms with Gasteiger partial charge >= 0.3 is 5.97 Å². The second kappa shape index (κ2) is 9.42. The summed E-state index contributed by atoms with van der Waals surface area (Å²) >= 11 is 0. The highest BCUT2D eigenvalue weighted by molar-refractivity contribution is 5.82. The molecule has 21 heavy (non-hydrogen) atoms. The third kappa shape index (κ3) is 6.47. The number of hydrogen-bond donors (Lipinski definition) is 0. The first-order valence-electron chi connectivity index (χ1n) is 6.60. The number of rotatable bonds is 7. The van der Waals surface area contributed by atoms with E-state index in [9.17, 15) is 4.79 Å². The number of benzene rings is 1. The topological polar surface area (TPSA) is 44.8 Å². The van der Waals surface area contributed by atoms with Gasteiger partial charge in [0.25, 0.3) is 0 Å². The van der Waals surface area contributed by atoms with E-state index in [0.717, 1.165) is 17.1 Å². The Balaban J connectivity index is 2.62. The minimum absolute atomic E-state index is 0.344. The summed E-state index contributed by atoms with van der Waals surface area (Å²) in [6.07, 6.45) is 10.4. The van der Waals surface area contributed by atoms with Gasteiger partial charge in [0.1, 0.15) is 11.5 Å². The molecule has 0 amide bonds. The highest BCUT2D eigenvalue weighted by Crippen LogP contribution is 2.23. The summed E-state index contributed by atoms with van der Waals surface area (Å²) in [6.45, 7) is 2.15. The van der Waals surface area contributed by atoms with E-state index in [-0.39, 0.29) is 5.97 Å². The molecule has 0 aliphatic heterocycles. The Morgan fingerprint density at radius 2 is 1.62 bits per heavy atom. The van der Waals surface area contributed by atoms with E-state index >= 15 is 0 Å². The summed E-state index contributed by atoms with van der Waals surface area (Å²) in [5, 5.41) is 0. The molecule has 1 aromatic rings. The van der Waals surface area contributed by atoms with Gasteiger partial charge in [0.05, 0.1) is 20.8 Å². The average Bonchev–Trinajstić information content (AvgIpc) is 2.50. The number of esters is 1. The molecule has 0 saturated heterocycles. The molecular weight excluding hydrogens is 268 g/mol. The largest absolute Gasteiger partial charge is 0.497 e. The van der Waals surface area contributed by atoms with Gasteiger partial charge in [0.2, 0.25) is 0 Å². The average molecular weight is 288 g/mol. The van der Waals surface area contributed by atoms with Crippen LogP contribution >= 0.6 is 0 Å². The van der Waals surface area contributed by atoms with Crippen molar-refractivity contribution in [3.8, 4) is 11.5 Å². The number of ether oxygens (including phenoxy) is 3. The molecule has 0 atom stereocenters. The number of carbonyl (C=O) groups is 1. The fourth-order valence-corrected chi connectivity index (χ4v) is 1.55. The Hall–Kier alpha value is -2.49. The van der Waals surface area contributed by atoms with Gasteiger partial charge in [-0.2, -0.15) is 0 Å². The highest BCUT2D eigenvalue weighted by Gasteiger charge is 1.98. The van der Waals surface area contributed by atoms with Crippen LogP contribution in [0.1, 0.15) is 12.5 Å². The van der Waals surface area contributed by atoms with Crippen molar-refractivity contribution in [2.24, 2.45) is 0 Å². The van der Waals surface area contributed by atoms with Crippen LogP contribution in [0.25, 0.3) is 6.08 Å². The molecule has 0 aromatic heterocycles. The van der Waals surface area contributed by atoms with Gasteiger partial charge in [0.15, 0.2) is 0 Å². The summed E-state index contributed by atoms with van der Waals surface area (Å²) < 4.78 is 15.2. The van der Waals surface area contributed by atoms with Gasteiger partial charge in [-0.1, -0.05) is 30.4 Å². The molecule has 0 spiro atoms. The molecular formula is C17H20O4. The predicted molar refractivity (Wildman–Crippen MR) is 83.5 cm³/mol. The minimum atomic E-state index is -0.344. The first-order chi connectivity index (χ1) is 10.2. The van der Waals surface area contributed by atoms with E-state index in [1.54, 1.807) is 33.3 Å². The smallest absolute Gasteiger partial charge is 0.330 e. The van der Waals surface area contributed by atoms with Crippen LogP contribution in [0.15, 0.2) is 48.6 Å². The lowest BCUT2D eigenvalue weighted by Gasteiger charge is -2.05. The van der Waals surface area contributed by atoms with E-state index in [1.165, 1.54) is 6.08 Å². The zero-order chi connectivity index (χ0) is 15.5. The van der Waals surface area contributed by atoms with Crippen molar-refractivity contribution in [2.75, 3.05) is 20.8 Å². The maximum atomic E-state index is 11.0. The molecule has 0 aliphatic carbocycles. The van der Waals surface area contributed by atoms with E-state index in [4.69, 9.17) is 14.2 Å². The van der Waals surface area contributed by atoms with Crippen LogP contribution < -0.4 is 9.47 Å². The van der Waals surface area contributed by atoms with Crippen molar-refractivity contribution in [3.63, 3.8) is 0 Å². The standard InChI is InChI=1S/C17H20O4/c1-4-21-17(18)10-8-6-5-7-9-14-11-15(19-2)13-16(12-14)20-3/h5-13H,4H2,1-3H3. The van der Waals surface area contributed by atoms with Crippen LogP contribution in [0, 0.1) is 0 Å². The molecule has 0 N–H and O–H groups in total. The third-order valence-corrected chi connectivity index (χ3v) is 2.51.